The van der Waals surface area contributed by atoms with Crippen molar-refractivity contribution in [2.24, 2.45) is 0 Å². The first-order valence-electron chi connectivity index (χ1n) is 6.52. The van der Waals surface area contributed by atoms with Gasteiger partial charge in [-0.1, -0.05) is 36.4 Å². The molecule has 0 saturated carbocycles. The van der Waals surface area contributed by atoms with Gasteiger partial charge in [-0.25, -0.2) is 0 Å². The molecule has 1 N–H and O–H groups in total. The van der Waals surface area contributed by atoms with E-state index in [1.165, 1.54) is 16.3 Å². The second kappa shape index (κ2) is 6.53. The molecule has 1 unspecified atom stereocenters. The molecule has 0 bridgehead atoms. The number of methoxy groups -OCH3 is 1. The minimum atomic E-state index is 0.381. The van der Waals surface area contributed by atoms with Gasteiger partial charge >= 0.3 is 0 Å². The topological polar surface area (TPSA) is 21.3 Å². The number of hydrogen-bond acceptors (Lipinski definition) is 2. The number of benzene rings is 2. The lowest BCUT2D eigenvalue weighted by Crippen LogP contribution is -2.20. The van der Waals surface area contributed by atoms with Gasteiger partial charge in [0.05, 0.1) is 0 Å². The summed E-state index contributed by atoms with van der Waals surface area (Å²) in [6.45, 7) is 4.01. The maximum absolute atomic E-state index is 5.05. The number of nitrogens with one attached hydrogen (secondary N) is 1. The normalized spacial score (nSPS) is 12.8. The third-order valence-corrected chi connectivity index (χ3v) is 3.25. The molecule has 0 spiro atoms. The highest BCUT2D eigenvalue weighted by molar-refractivity contribution is 5.83. The second-order valence-corrected chi connectivity index (χ2v) is 4.63. The van der Waals surface area contributed by atoms with Crippen molar-refractivity contribution >= 4 is 10.8 Å². The zero-order chi connectivity index (χ0) is 12.8. The molecule has 2 nitrogen and oxygen atoms in total. The molecule has 2 aromatic carbocycles. The lowest BCUT2D eigenvalue weighted by atomic mass is 10.0. The zero-order valence-electron chi connectivity index (χ0n) is 11.1. The van der Waals surface area contributed by atoms with Crippen LogP contribution in [0.5, 0.6) is 0 Å². The molecule has 2 heteroatoms. The molecule has 2 rings (SSSR count). The van der Waals surface area contributed by atoms with E-state index in [0.29, 0.717) is 6.04 Å². The third kappa shape index (κ3) is 3.31. The first-order chi connectivity index (χ1) is 8.81. The van der Waals surface area contributed by atoms with Crippen molar-refractivity contribution < 1.29 is 4.74 Å². The van der Waals surface area contributed by atoms with Gasteiger partial charge in [0.15, 0.2) is 0 Å². The van der Waals surface area contributed by atoms with Gasteiger partial charge in [-0.15, -0.1) is 0 Å². The Hall–Kier alpha value is -1.38. The molecule has 2 aromatic rings. The number of hydrogen-bond donors (Lipinski definition) is 1. The Labute approximate surface area is 109 Å². The fourth-order valence-corrected chi connectivity index (χ4v) is 2.13. The highest BCUT2D eigenvalue weighted by atomic mass is 16.5. The molecule has 0 aliphatic heterocycles. The average Bonchev–Trinajstić information content (AvgIpc) is 2.43. The Morgan fingerprint density at radius 2 is 1.89 bits per heavy atom. The zero-order valence-corrected chi connectivity index (χ0v) is 11.1. The van der Waals surface area contributed by atoms with Crippen LogP contribution in [0.1, 0.15) is 24.9 Å². The van der Waals surface area contributed by atoms with E-state index in [0.717, 1.165) is 19.6 Å². The summed E-state index contributed by atoms with van der Waals surface area (Å²) in [5, 5.41) is 6.12. The molecule has 0 fully saturated rings. The van der Waals surface area contributed by atoms with Crippen molar-refractivity contribution in [3.63, 3.8) is 0 Å². The lowest BCUT2D eigenvalue weighted by molar-refractivity contribution is 0.193. The Bertz CT molecular complexity index is 495. The van der Waals surface area contributed by atoms with Crippen molar-refractivity contribution in [1.82, 2.24) is 5.32 Å². The predicted octanol–water partition coefficient (Wildman–Crippen LogP) is 3.53. The minimum Gasteiger partial charge on any atom is -0.385 e. The molecule has 96 valence electrons. The second-order valence-electron chi connectivity index (χ2n) is 4.63. The van der Waals surface area contributed by atoms with Gasteiger partial charge < -0.3 is 10.1 Å². The Morgan fingerprint density at radius 3 is 2.67 bits per heavy atom. The maximum atomic E-state index is 5.05. The van der Waals surface area contributed by atoms with E-state index in [4.69, 9.17) is 4.74 Å². The summed E-state index contributed by atoms with van der Waals surface area (Å²) in [6.07, 6.45) is 1.05. The molecule has 0 radical (unpaired) electrons. The van der Waals surface area contributed by atoms with E-state index >= 15 is 0 Å². The predicted molar refractivity (Wildman–Crippen MR) is 76.9 cm³/mol. The van der Waals surface area contributed by atoms with Crippen molar-refractivity contribution in [2.75, 3.05) is 20.3 Å². The van der Waals surface area contributed by atoms with Crippen LogP contribution >= 0.6 is 0 Å². The average molecular weight is 243 g/mol. The van der Waals surface area contributed by atoms with Crippen LogP contribution in [0.15, 0.2) is 42.5 Å². The van der Waals surface area contributed by atoms with Crippen molar-refractivity contribution in [2.45, 2.75) is 19.4 Å². The van der Waals surface area contributed by atoms with Crippen LogP contribution in [0.2, 0.25) is 0 Å². The minimum absolute atomic E-state index is 0.381. The van der Waals surface area contributed by atoms with Crippen molar-refractivity contribution in [3.8, 4) is 0 Å². The van der Waals surface area contributed by atoms with Gasteiger partial charge in [-0.05, 0) is 42.3 Å². The van der Waals surface area contributed by atoms with Gasteiger partial charge in [-0.3, -0.25) is 0 Å². The van der Waals surface area contributed by atoms with Crippen LogP contribution in [0, 0.1) is 0 Å². The lowest BCUT2D eigenvalue weighted by Gasteiger charge is -2.14. The highest BCUT2D eigenvalue weighted by Gasteiger charge is 2.04. The summed E-state index contributed by atoms with van der Waals surface area (Å²) in [5.41, 5.74) is 1.34. The molecule has 0 saturated heterocycles. The fraction of sp³-hybridized carbons (Fsp3) is 0.375. The van der Waals surface area contributed by atoms with Gasteiger partial charge in [0.1, 0.15) is 0 Å². The molecule has 0 amide bonds. The maximum Gasteiger partial charge on any atom is 0.0474 e. The van der Waals surface area contributed by atoms with E-state index < -0.39 is 0 Å². The van der Waals surface area contributed by atoms with Crippen LogP contribution in [-0.4, -0.2) is 20.3 Å². The SMILES string of the molecule is COCCCNC(C)c1ccc2ccccc2c1. The molecule has 1 atom stereocenters. The van der Waals surface area contributed by atoms with Crippen LogP contribution < -0.4 is 5.32 Å². The van der Waals surface area contributed by atoms with E-state index in [1.807, 2.05) is 0 Å². The molecule has 18 heavy (non-hydrogen) atoms. The van der Waals surface area contributed by atoms with Crippen LogP contribution in [0.4, 0.5) is 0 Å². The monoisotopic (exact) mass is 243 g/mol. The Balaban J connectivity index is 2.01. The van der Waals surface area contributed by atoms with Gasteiger partial charge in [0, 0.05) is 19.8 Å². The van der Waals surface area contributed by atoms with Gasteiger partial charge in [0.25, 0.3) is 0 Å². The standard InChI is InChI=1S/C16H21NO/c1-13(17-10-5-11-18-2)15-9-8-14-6-3-4-7-16(14)12-15/h3-4,6-9,12-13,17H,5,10-11H2,1-2H3. The smallest absolute Gasteiger partial charge is 0.0474 e. The molecule has 0 aromatic heterocycles. The largest absolute Gasteiger partial charge is 0.385 e. The summed E-state index contributed by atoms with van der Waals surface area (Å²) in [4.78, 5) is 0. The van der Waals surface area contributed by atoms with Crippen molar-refractivity contribution in [3.05, 3.63) is 48.0 Å². The highest BCUT2D eigenvalue weighted by Crippen LogP contribution is 2.20. The van der Waals surface area contributed by atoms with Crippen LogP contribution in [0.3, 0.4) is 0 Å². The summed E-state index contributed by atoms with van der Waals surface area (Å²) >= 11 is 0. The summed E-state index contributed by atoms with van der Waals surface area (Å²) in [7, 11) is 1.74. The van der Waals surface area contributed by atoms with Gasteiger partial charge in [-0.2, -0.15) is 0 Å². The number of rotatable bonds is 6. The molecule has 0 aliphatic rings. The molecule has 0 heterocycles. The Kier molecular flexibility index (Phi) is 4.73. The van der Waals surface area contributed by atoms with Gasteiger partial charge in [0.2, 0.25) is 0 Å². The first-order valence-corrected chi connectivity index (χ1v) is 6.52. The van der Waals surface area contributed by atoms with Crippen molar-refractivity contribution in [1.29, 1.82) is 0 Å². The summed E-state index contributed by atoms with van der Waals surface area (Å²) in [5.74, 6) is 0. The first kappa shape index (κ1) is 13.1. The van der Waals surface area contributed by atoms with E-state index in [2.05, 4.69) is 54.7 Å². The van der Waals surface area contributed by atoms with Crippen LogP contribution in [0.25, 0.3) is 10.8 Å². The molecular formula is C16H21NO. The fourth-order valence-electron chi connectivity index (χ4n) is 2.13. The Morgan fingerprint density at radius 1 is 1.11 bits per heavy atom. The number of ether oxygens (including phenoxy) is 1. The molecular weight excluding hydrogens is 222 g/mol. The number of fused-ring (bicyclic) bond motifs is 1. The summed E-state index contributed by atoms with van der Waals surface area (Å²) < 4.78 is 5.05. The van der Waals surface area contributed by atoms with Crippen LogP contribution in [-0.2, 0) is 4.74 Å². The third-order valence-electron chi connectivity index (χ3n) is 3.25. The van der Waals surface area contributed by atoms with E-state index in [1.54, 1.807) is 7.11 Å². The molecule has 0 aliphatic carbocycles. The van der Waals surface area contributed by atoms with E-state index in [9.17, 15) is 0 Å². The quantitative estimate of drug-likeness (QED) is 0.784. The summed E-state index contributed by atoms with van der Waals surface area (Å²) in [6, 6.07) is 15.5. The van der Waals surface area contributed by atoms with E-state index in [-0.39, 0.29) is 0 Å².